The van der Waals surface area contributed by atoms with Crippen molar-refractivity contribution >= 4 is 0 Å². The summed E-state index contributed by atoms with van der Waals surface area (Å²) in [5.41, 5.74) is 4.44. The SMILES string of the molecule is c1ccc(CCCC(CCCc2ccccc2)CCCc2ccccc2)cc1. The van der Waals surface area contributed by atoms with Crippen LogP contribution in [0.5, 0.6) is 0 Å². The maximum atomic E-state index is 2.26. The highest BCUT2D eigenvalue weighted by atomic mass is 14.1. The highest BCUT2D eigenvalue weighted by molar-refractivity contribution is 5.16. The molecule has 0 saturated heterocycles. The predicted molar refractivity (Wildman–Crippen MR) is 122 cm³/mol. The summed E-state index contributed by atoms with van der Waals surface area (Å²) in [7, 11) is 0. The summed E-state index contributed by atoms with van der Waals surface area (Å²) in [5, 5.41) is 0. The number of hydrogen-bond donors (Lipinski definition) is 0. The van der Waals surface area contributed by atoms with Gasteiger partial charge in [-0.15, -0.1) is 0 Å². The third-order valence-corrected chi connectivity index (χ3v) is 5.76. The van der Waals surface area contributed by atoms with Gasteiger partial charge in [-0.1, -0.05) is 110 Å². The Morgan fingerprint density at radius 1 is 0.393 bits per heavy atom. The average molecular weight is 371 g/mol. The van der Waals surface area contributed by atoms with Crippen molar-refractivity contribution in [3.05, 3.63) is 108 Å². The zero-order chi connectivity index (χ0) is 19.3. The second kappa shape index (κ2) is 12.2. The number of hydrogen-bond acceptors (Lipinski definition) is 0. The van der Waals surface area contributed by atoms with Crippen LogP contribution in [0.25, 0.3) is 0 Å². The van der Waals surface area contributed by atoms with E-state index in [4.69, 9.17) is 0 Å². The van der Waals surface area contributed by atoms with E-state index in [0.717, 1.165) is 5.92 Å². The van der Waals surface area contributed by atoms with E-state index in [1.165, 1.54) is 74.5 Å². The zero-order valence-electron chi connectivity index (χ0n) is 17.1. The molecule has 0 spiro atoms. The van der Waals surface area contributed by atoms with Gasteiger partial charge in [0.15, 0.2) is 0 Å². The Labute approximate surface area is 171 Å². The molecule has 3 aromatic rings. The van der Waals surface area contributed by atoms with E-state index >= 15 is 0 Å². The summed E-state index contributed by atoms with van der Waals surface area (Å²) in [6.45, 7) is 0. The van der Waals surface area contributed by atoms with Crippen molar-refractivity contribution in [2.24, 2.45) is 5.92 Å². The van der Waals surface area contributed by atoms with Gasteiger partial charge in [0.2, 0.25) is 0 Å². The van der Waals surface area contributed by atoms with Gasteiger partial charge in [-0.05, 0) is 61.1 Å². The Balaban J connectivity index is 1.44. The van der Waals surface area contributed by atoms with Crippen molar-refractivity contribution < 1.29 is 0 Å². The van der Waals surface area contributed by atoms with Crippen LogP contribution in [-0.2, 0) is 19.3 Å². The average Bonchev–Trinajstić information content (AvgIpc) is 2.76. The van der Waals surface area contributed by atoms with Crippen LogP contribution in [0, 0.1) is 5.92 Å². The molecule has 0 atom stereocenters. The molecule has 0 bridgehead atoms. The van der Waals surface area contributed by atoms with Gasteiger partial charge in [0.05, 0.1) is 0 Å². The van der Waals surface area contributed by atoms with Gasteiger partial charge in [-0.3, -0.25) is 0 Å². The molecule has 0 N–H and O–H groups in total. The van der Waals surface area contributed by atoms with Crippen molar-refractivity contribution in [2.45, 2.75) is 57.8 Å². The van der Waals surface area contributed by atoms with Gasteiger partial charge >= 0.3 is 0 Å². The molecule has 0 saturated carbocycles. The molecule has 146 valence electrons. The minimum atomic E-state index is 0.858. The molecule has 3 aromatic carbocycles. The van der Waals surface area contributed by atoms with Gasteiger partial charge in [0, 0.05) is 0 Å². The molecule has 0 radical (unpaired) electrons. The summed E-state index contributed by atoms with van der Waals surface area (Å²) >= 11 is 0. The summed E-state index contributed by atoms with van der Waals surface area (Å²) in [6.07, 6.45) is 11.7. The van der Waals surface area contributed by atoms with Crippen LogP contribution in [0.1, 0.15) is 55.2 Å². The molecular weight excluding hydrogens is 336 g/mol. The standard InChI is InChI=1S/C28H34/c1-4-13-25(14-5-1)19-10-22-28(23-11-20-26-15-6-2-7-16-26)24-12-21-27-17-8-3-9-18-27/h1-9,13-18,28H,10-12,19-24H2. The van der Waals surface area contributed by atoms with Crippen molar-refractivity contribution in [1.82, 2.24) is 0 Å². The maximum absolute atomic E-state index is 2.26. The Morgan fingerprint density at radius 2 is 0.679 bits per heavy atom. The lowest BCUT2D eigenvalue weighted by molar-refractivity contribution is 0.387. The van der Waals surface area contributed by atoms with Crippen LogP contribution < -0.4 is 0 Å². The molecule has 0 aliphatic carbocycles. The van der Waals surface area contributed by atoms with E-state index in [-0.39, 0.29) is 0 Å². The fourth-order valence-corrected chi connectivity index (χ4v) is 4.15. The molecule has 0 fully saturated rings. The summed E-state index contributed by atoms with van der Waals surface area (Å²) < 4.78 is 0. The van der Waals surface area contributed by atoms with Crippen LogP contribution in [0.4, 0.5) is 0 Å². The second-order valence-corrected chi connectivity index (χ2v) is 8.00. The molecule has 0 heteroatoms. The van der Waals surface area contributed by atoms with Crippen molar-refractivity contribution in [2.75, 3.05) is 0 Å². The highest BCUT2D eigenvalue weighted by Crippen LogP contribution is 2.23. The van der Waals surface area contributed by atoms with Gasteiger partial charge < -0.3 is 0 Å². The molecule has 3 rings (SSSR count). The van der Waals surface area contributed by atoms with E-state index in [1.807, 2.05) is 0 Å². The predicted octanol–water partition coefficient (Wildman–Crippen LogP) is 7.67. The highest BCUT2D eigenvalue weighted by Gasteiger charge is 2.09. The third-order valence-electron chi connectivity index (χ3n) is 5.76. The Morgan fingerprint density at radius 3 is 0.964 bits per heavy atom. The second-order valence-electron chi connectivity index (χ2n) is 8.00. The largest absolute Gasteiger partial charge is 0.0622 e. The Kier molecular flexibility index (Phi) is 8.88. The lowest BCUT2D eigenvalue weighted by atomic mass is 9.89. The minimum absolute atomic E-state index is 0.858. The van der Waals surface area contributed by atoms with Gasteiger partial charge in [-0.2, -0.15) is 0 Å². The molecule has 0 aliphatic heterocycles. The first-order valence-corrected chi connectivity index (χ1v) is 11.0. The fourth-order valence-electron chi connectivity index (χ4n) is 4.15. The van der Waals surface area contributed by atoms with Crippen molar-refractivity contribution in [3.63, 3.8) is 0 Å². The normalized spacial score (nSPS) is 11.0. The van der Waals surface area contributed by atoms with Gasteiger partial charge in [0.1, 0.15) is 0 Å². The summed E-state index contributed by atoms with van der Waals surface area (Å²) in [6, 6.07) is 32.9. The van der Waals surface area contributed by atoms with Crippen molar-refractivity contribution in [3.8, 4) is 0 Å². The molecule has 0 unspecified atom stereocenters. The lowest BCUT2D eigenvalue weighted by Gasteiger charge is -2.17. The van der Waals surface area contributed by atoms with E-state index in [2.05, 4.69) is 91.0 Å². The maximum Gasteiger partial charge on any atom is -0.0279 e. The first-order chi connectivity index (χ1) is 13.9. The molecule has 0 aromatic heterocycles. The Bertz CT molecular complexity index is 638. The quantitative estimate of drug-likeness (QED) is 0.307. The summed E-state index contributed by atoms with van der Waals surface area (Å²) in [5.74, 6) is 0.858. The molecular formula is C28H34. The van der Waals surface area contributed by atoms with Crippen LogP contribution in [0.2, 0.25) is 0 Å². The van der Waals surface area contributed by atoms with E-state index in [9.17, 15) is 0 Å². The van der Waals surface area contributed by atoms with Gasteiger partial charge in [-0.25, -0.2) is 0 Å². The molecule has 0 aliphatic rings. The van der Waals surface area contributed by atoms with Crippen LogP contribution in [0.15, 0.2) is 91.0 Å². The zero-order valence-corrected chi connectivity index (χ0v) is 17.1. The minimum Gasteiger partial charge on any atom is -0.0622 e. The third kappa shape index (κ3) is 7.72. The van der Waals surface area contributed by atoms with Gasteiger partial charge in [0.25, 0.3) is 0 Å². The van der Waals surface area contributed by atoms with Crippen LogP contribution in [0.3, 0.4) is 0 Å². The monoisotopic (exact) mass is 370 g/mol. The van der Waals surface area contributed by atoms with Crippen LogP contribution >= 0.6 is 0 Å². The smallest absolute Gasteiger partial charge is 0.0279 e. The lowest BCUT2D eigenvalue weighted by Crippen LogP contribution is -2.04. The first kappa shape index (κ1) is 20.4. The molecule has 0 nitrogen and oxygen atoms in total. The van der Waals surface area contributed by atoms with Crippen molar-refractivity contribution in [1.29, 1.82) is 0 Å². The summed E-state index contributed by atoms with van der Waals surface area (Å²) in [4.78, 5) is 0. The number of benzene rings is 3. The van der Waals surface area contributed by atoms with E-state index < -0.39 is 0 Å². The first-order valence-electron chi connectivity index (χ1n) is 11.0. The van der Waals surface area contributed by atoms with E-state index in [0.29, 0.717) is 0 Å². The van der Waals surface area contributed by atoms with E-state index in [1.54, 1.807) is 0 Å². The molecule has 0 heterocycles. The molecule has 0 amide bonds. The Hall–Kier alpha value is -2.34. The fraction of sp³-hybridized carbons (Fsp3) is 0.357. The molecule has 28 heavy (non-hydrogen) atoms. The topological polar surface area (TPSA) is 0 Å². The van der Waals surface area contributed by atoms with Crippen LogP contribution in [-0.4, -0.2) is 0 Å². The number of rotatable bonds is 12. The number of aryl methyl sites for hydroxylation is 3.